The summed E-state index contributed by atoms with van der Waals surface area (Å²) in [5.74, 6) is 0.477. The predicted molar refractivity (Wildman–Crippen MR) is 75.0 cm³/mol. The van der Waals surface area contributed by atoms with Gasteiger partial charge >= 0.3 is 0 Å². The van der Waals surface area contributed by atoms with Crippen LogP contribution in [0, 0.1) is 0 Å². The highest BCUT2D eigenvalue weighted by Crippen LogP contribution is 2.36. The van der Waals surface area contributed by atoms with Crippen molar-refractivity contribution in [3.8, 4) is 5.75 Å². The second kappa shape index (κ2) is 4.33. The molecule has 2 atom stereocenters. The molecule has 0 saturated heterocycles. The molecule has 3 rings (SSSR count). The van der Waals surface area contributed by atoms with Gasteiger partial charge in [-0.3, -0.25) is 4.79 Å². The largest absolute Gasteiger partial charge is 0.481 e. The van der Waals surface area contributed by atoms with Crippen LogP contribution >= 0.6 is 0 Å². The summed E-state index contributed by atoms with van der Waals surface area (Å²) in [6.45, 7) is 1.34. The van der Waals surface area contributed by atoms with Crippen LogP contribution in [-0.4, -0.2) is 33.1 Å². The van der Waals surface area contributed by atoms with Crippen molar-refractivity contribution in [2.24, 2.45) is 7.05 Å². The molecule has 0 radical (unpaired) electrons. The molecule has 1 aromatic carbocycles. The third kappa shape index (κ3) is 1.67. The monoisotopic (exact) mass is 275 g/mol. The first-order valence-corrected chi connectivity index (χ1v) is 6.56. The van der Waals surface area contributed by atoms with E-state index in [1.165, 1.54) is 0 Å². The first-order valence-electron chi connectivity index (χ1n) is 6.56. The maximum Gasteiger partial charge on any atom is 0.257 e. The Hall–Kier alpha value is -1.85. The van der Waals surface area contributed by atoms with Gasteiger partial charge in [-0.1, -0.05) is 12.1 Å². The van der Waals surface area contributed by atoms with E-state index in [1.807, 2.05) is 24.3 Å². The Balaban J connectivity index is 2.35. The van der Waals surface area contributed by atoms with Gasteiger partial charge in [-0.15, -0.1) is 0 Å². The third-order valence-corrected chi connectivity index (χ3v) is 4.10. The molecule has 0 aliphatic carbocycles. The number of nitrogens with zero attached hydrogens (tertiary/aromatic N) is 1. The van der Waals surface area contributed by atoms with Crippen LogP contribution in [0.25, 0.3) is 10.9 Å². The van der Waals surface area contributed by atoms with Crippen molar-refractivity contribution in [3.05, 3.63) is 40.2 Å². The molecular weight excluding hydrogens is 258 g/mol. The van der Waals surface area contributed by atoms with Crippen molar-refractivity contribution in [3.63, 3.8) is 0 Å². The minimum atomic E-state index is -1.08. The minimum absolute atomic E-state index is 0.169. The lowest BCUT2D eigenvalue weighted by Gasteiger charge is -2.38. The predicted octanol–water partition coefficient (Wildman–Crippen LogP) is 0.585. The van der Waals surface area contributed by atoms with Gasteiger partial charge in [-0.2, -0.15) is 0 Å². The topological polar surface area (TPSA) is 71.7 Å². The number of fused-ring (bicyclic) bond motifs is 3. The van der Waals surface area contributed by atoms with E-state index in [0.29, 0.717) is 11.3 Å². The Bertz CT molecular complexity index is 736. The number of ether oxygens (including phenoxy) is 1. The van der Waals surface area contributed by atoms with Gasteiger partial charge in [0.15, 0.2) is 5.60 Å². The highest BCUT2D eigenvalue weighted by atomic mass is 16.5. The number of rotatable bonds is 1. The van der Waals surface area contributed by atoms with Gasteiger partial charge in [0.25, 0.3) is 5.56 Å². The van der Waals surface area contributed by atoms with Gasteiger partial charge in [0.05, 0.1) is 17.7 Å². The van der Waals surface area contributed by atoms with Crippen LogP contribution in [0.2, 0.25) is 0 Å². The number of hydrogen-bond acceptors (Lipinski definition) is 4. The van der Waals surface area contributed by atoms with Gasteiger partial charge in [0.2, 0.25) is 0 Å². The Morgan fingerprint density at radius 3 is 2.85 bits per heavy atom. The molecule has 2 aromatic rings. The SMILES string of the molecule is Cn1c(=O)c2c(c3ccccc31)O[C@](C)(CO)C(O)C2. The average molecular weight is 275 g/mol. The highest BCUT2D eigenvalue weighted by Gasteiger charge is 2.41. The second-order valence-electron chi connectivity index (χ2n) is 5.48. The van der Waals surface area contributed by atoms with E-state index in [9.17, 15) is 15.0 Å². The molecule has 1 unspecified atom stereocenters. The van der Waals surface area contributed by atoms with E-state index in [2.05, 4.69) is 0 Å². The Kier molecular flexibility index (Phi) is 2.84. The number of aliphatic hydroxyl groups excluding tert-OH is 2. The van der Waals surface area contributed by atoms with Crippen LogP contribution in [-0.2, 0) is 13.5 Å². The minimum Gasteiger partial charge on any atom is -0.481 e. The van der Waals surface area contributed by atoms with Crippen LogP contribution in [0.3, 0.4) is 0 Å². The quantitative estimate of drug-likeness (QED) is 0.799. The number of aryl methyl sites for hydroxylation is 1. The number of aliphatic hydroxyl groups is 2. The fourth-order valence-corrected chi connectivity index (χ4v) is 2.67. The van der Waals surface area contributed by atoms with Gasteiger partial charge in [-0.05, 0) is 19.1 Å². The summed E-state index contributed by atoms with van der Waals surface area (Å²) in [4.78, 5) is 12.4. The maximum absolute atomic E-state index is 12.4. The van der Waals surface area contributed by atoms with Crippen molar-refractivity contribution in [2.75, 3.05) is 6.61 Å². The molecule has 0 saturated carbocycles. The summed E-state index contributed by atoms with van der Waals surface area (Å²) in [7, 11) is 1.71. The van der Waals surface area contributed by atoms with E-state index in [1.54, 1.807) is 18.5 Å². The molecule has 1 aliphatic rings. The number of benzene rings is 1. The van der Waals surface area contributed by atoms with Gasteiger partial charge in [-0.25, -0.2) is 0 Å². The fraction of sp³-hybridized carbons (Fsp3) is 0.400. The first-order chi connectivity index (χ1) is 9.48. The first kappa shape index (κ1) is 13.1. The summed E-state index contributed by atoms with van der Waals surface area (Å²) < 4.78 is 7.38. The molecular formula is C15H17NO4. The normalized spacial score (nSPS) is 25.3. The van der Waals surface area contributed by atoms with Crippen LogP contribution in [0.5, 0.6) is 5.75 Å². The van der Waals surface area contributed by atoms with Gasteiger partial charge in [0.1, 0.15) is 11.9 Å². The van der Waals surface area contributed by atoms with Crippen LogP contribution in [0.4, 0.5) is 0 Å². The molecule has 106 valence electrons. The summed E-state index contributed by atoms with van der Waals surface area (Å²) in [6.07, 6.45) is -0.724. The zero-order valence-corrected chi connectivity index (χ0v) is 11.5. The summed E-state index contributed by atoms with van der Waals surface area (Å²) in [5, 5.41) is 20.4. The summed E-state index contributed by atoms with van der Waals surface area (Å²) in [5.41, 5.74) is -0.0161. The van der Waals surface area contributed by atoms with Crippen LogP contribution in [0.15, 0.2) is 29.1 Å². The van der Waals surface area contributed by atoms with E-state index in [-0.39, 0.29) is 18.6 Å². The van der Waals surface area contributed by atoms with Crippen molar-refractivity contribution in [1.82, 2.24) is 4.57 Å². The number of pyridine rings is 1. The smallest absolute Gasteiger partial charge is 0.257 e. The molecule has 2 heterocycles. The molecule has 0 bridgehead atoms. The second-order valence-corrected chi connectivity index (χ2v) is 5.48. The van der Waals surface area contributed by atoms with Crippen LogP contribution in [0.1, 0.15) is 12.5 Å². The Labute approximate surface area is 116 Å². The molecule has 1 aromatic heterocycles. The molecule has 5 heteroatoms. The summed E-state index contributed by atoms with van der Waals surface area (Å²) in [6, 6.07) is 7.46. The third-order valence-electron chi connectivity index (χ3n) is 4.10. The zero-order valence-electron chi connectivity index (χ0n) is 11.5. The Morgan fingerprint density at radius 1 is 1.45 bits per heavy atom. The molecule has 1 aliphatic heterocycles. The Morgan fingerprint density at radius 2 is 2.15 bits per heavy atom. The van der Waals surface area contributed by atoms with Gasteiger partial charge in [0, 0.05) is 18.9 Å². The molecule has 0 spiro atoms. The maximum atomic E-state index is 12.4. The van der Waals surface area contributed by atoms with Crippen molar-refractivity contribution in [2.45, 2.75) is 25.0 Å². The van der Waals surface area contributed by atoms with E-state index in [4.69, 9.17) is 4.74 Å². The molecule has 20 heavy (non-hydrogen) atoms. The lowest BCUT2D eigenvalue weighted by Crippen LogP contribution is -2.53. The number of hydrogen-bond donors (Lipinski definition) is 2. The van der Waals surface area contributed by atoms with E-state index < -0.39 is 11.7 Å². The van der Waals surface area contributed by atoms with Crippen molar-refractivity contribution >= 4 is 10.9 Å². The number of para-hydroxylation sites is 1. The van der Waals surface area contributed by atoms with E-state index >= 15 is 0 Å². The molecule has 2 N–H and O–H groups in total. The lowest BCUT2D eigenvalue weighted by molar-refractivity contribution is -0.0833. The summed E-state index contributed by atoms with van der Waals surface area (Å²) >= 11 is 0. The van der Waals surface area contributed by atoms with Crippen molar-refractivity contribution in [1.29, 1.82) is 0 Å². The van der Waals surface area contributed by atoms with E-state index in [0.717, 1.165) is 10.9 Å². The number of aromatic nitrogens is 1. The zero-order chi connectivity index (χ0) is 14.5. The highest BCUT2D eigenvalue weighted by molar-refractivity contribution is 5.87. The lowest BCUT2D eigenvalue weighted by atomic mass is 9.89. The fourth-order valence-electron chi connectivity index (χ4n) is 2.67. The molecule has 0 amide bonds. The van der Waals surface area contributed by atoms with Gasteiger partial charge < -0.3 is 19.5 Å². The van der Waals surface area contributed by atoms with Crippen molar-refractivity contribution < 1.29 is 14.9 Å². The standard InChI is InChI=1S/C15H17NO4/c1-15(8-17)12(18)7-10-13(20-15)9-5-3-4-6-11(9)16(2)14(10)19/h3-6,12,17-18H,7-8H2,1-2H3/t12?,15-/m1/s1. The average Bonchev–Trinajstić information content (AvgIpc) is 2.47. The molecule has 0 fully saturated rings. The van der Waals surface area contributed by atoms with Crippen LogP contribution < -0.4 is 10.3 Å². The molecule has 5 nitrogen and oxygen atoms in total.